The van der Waals surface area contributed by atoms with Gasteiger partial charge in [-0.15, -0.1) is 0 Å². The second-order valence-corrected chi connectivity index (χ2v) is 5.87. The zero-order valence-corrected chi connectivity index (χ0v) is 13.7. The number of aliphatic hydroxyl groups excluding tert-OH is 1. The number of halogens is 1. The highest BCUT2D eigenvalue weighted by Crippen LogP contribution is 2.30. The lowest BCUT2D eigenvalue weighted by molar-refractivity contribution is 0.170. The summed E-state index contributed by atoms with van der Waals surface area (Å²) in [5.41, 5.74) is 3.49. The molecule has 0 aliphatic heterocycles. The highest BCUT2D eigenvalue weighted by Gasteiger charge is 2.16. The van der Waals surface area contributed by atoms with Crippen molar-refractivity contribution in [2.24, 2.45) is 0 Å². The fraction of sp³-hybridized carbons (Fsp3) is 0.0476. The van der Waals surface area contributed by atoms with Crippen molar-refractivity contribution in [3.8, 4) is 22.3 Å². The van der Waals surface area contributed by atoms with Gasteiger partial charge < -0.3 is 9.63 Å². The molecule has 0 amide bonds. The molecule has 4 rings (SSSR count). The topological polar surface area (TPSA) is 59.2 Å². The highest BCUT2D eigenvalue weighted by molar-refractivity contribution is 5.71. The molecule has 1 aromatic heterocycles. The zero-order valence-electron chi connectivity index (χ0n) is 13.7. The van der Waals surface area contributed by atoms with E-state index in [1.807, 2.05) is 42.5 Å². The number of aromatic nitrogens is 2. The normalized spacial score (nSPS) is 12.1. The van der Waals surface area contributed by atoms with Gasteiger partial charge in [-0.2, -0.15) is 4.98 Å². The van der Waals surface area contributed by atoms with Crippen LogP contribution < -0.4 is 0 Å². The van der Waals surface area contributed by atoms with Crippen molar-refractivity contribution < 1.29 is 14.0 Å². The molecular formula is C21H15FN2O2. The summed E-state index contributed by atoms with van der Waals surface area (Å²) in [6.07, 6.45) is 0.214. The van der Waals surface area contributed by atoms with Crippen molar-refractivity contribution in [2.45, 2.75) is 6.10 Å². The molecule has 0 aliphatic carbocycles. The molecule has 0 radical (unpaired) electrons. The van der Waals surface area contributed by atoms with E-state index >= 15 is 0 Å². The molecule has 1 N–H and O–H groups in total. The van der Waals surface area contributed by atoms with Crippen LogP contribution in [0.25, 0.3) is 22.3 Å². The molecule has 0 aliphatic rings. The Balaban J connectivity index is 1.68. The van der Waals surface area contributed by atoms with Crippen LogP contribution in [0.2, 0.25) is 0 Å². The molecule has 0 saturated heterocycles. The fourth-order valence-electron chi connectivity index (χ4n) is 2.88. The molecule has 5 heteroatoms. The number of benzene rings is 3. The van der Waals surface area contributed by atoms with E-state index in [-0.39, 0.29) is 11.7 Å². The van der Waals surface area contributed by atoms with Gasteiger partial charge in [0.25, 0.3) is 5.89 Å². The van der Waals surface area contributed by atoms with Crippen molar-refractivity contribution in [2.75, 3.05) is 0 Å². The lowest BCUT2D eigenvalue weighted by atomic mass is 9.97. The summed E-state index contributed by atoms with van der Waals surface area (Å²) in [7, 11) is 0. The maximum Gasteiger partial charge on any atom is 0.259 e. The Kier molecular flexibility index (Phi) is 4.29. The monoisotopic (exact) mass is 346 g/mol. The maximum absolute atomic E-state index is 14.6. The Bertz CT molecular complexity index is 1020. The van der Waals surface area contributed by atoms with Crippen LogP contribution >= 0.6 is 0 Å². The van der Waals surface area contributed by atoms with Gasteiger partial charge in [0.1, 0.15) is 5.82 Å². The minimum atomic E-state index is -1.02. The largest absolute Gasteiger partial charge is 0.378 e. The lowest BCUT2D eigenvalue weighted by Crippen LogP contribution is -2.00. The average Bonchev–Trinajstić information content (AvgIpc) is 3.23. The van der Waals surface area contributed by atoms with Crippen LogP contribution in [0.5, 0.6) is 0 Å². The number of hydrogen-bond donors (Lipinski definition) is 1. The molecule has 128 valence electrons. The van der Waals surface area contributed by atoms with E-state index in [4.69, 9.17) is 4.52 Å². The van der Waals surface area contributed by atoms with E-state index in [1.54, 1.807) is 24.3 Å². The summed E-state index contributed by atoms with van der Waals surface area (Å²) in [5, 5.41) is 13.8. The van der Waals surface area contributed by atoms with Crippen LogP contribution in [0.3, 0.4) is 0 Å². The smallest absolute Gasteiger partial charge is 0.259 e. The van der Waals surface area contributed by atoms with Gasteiger partial charge in [0.15, 0.2) is 12.4 Å². The average molecular weight is 346 g/mol. The summed E-state index contributed by atoms with van der Waals surface area (Å²) in [5.74, 6) is -0.177. The molecule has 0 fully saturated rings. The molecule has 1 atom stereocenters. The van der Waals surface area contributed by atoms with Gasteiger partial charge in [0, 0.05) is 5.56 Å². The first kappa shape index (κ1) is 16.2. The van der Waals surface area contributed by atoms with Crippen LogP contribution in [-0.2, 0) is 0 Å². The summed E-state index contributed by atoms with van der Waals surface area (Å²) in [4.78, 5) is 3.87. The van der Waals surface area contributed by atoms with E-state index < -0.39 is 6.10 Å². The van der Waals surface area contributed by atoms with Gasteiger partial charge in [-0.25, -0.2) is 4.39 Å². The van der Waals surface area contributed by atoms with Crippen LogP contribution in [0.4, 0.5) is 4.39 Å². The molecule has 0 saturated carbocycles. The van der Waals surface area contributed by atoms with Crippen LogP contribution in [0.1, 0.15) is 17.6 Å². The second-order valence-electron chi connectivity index (χ2n) is 5.87. The van der Waals surface area contributed by atoms with Crippen molar-refractivity contribution in [1.29, 1.82) is 0 Å². The lowest BCUT2D eigenvalue weighted by Gasteiger charge is -2.10. The molecule has 1 heterocycles. The van der Waals surface area contributed by atoms with Crippen molar-refractivity contribution in [3.63, 3.8) is 0 Å². The Morgan fingerprint density at radius 1 is 0.846 bits per heavy atom. The minimum absolute atomic E-state index is 0.118. The van der Waals surface area contributed by atoms with Crippen LogP contribution in [0, 0.1) is 5.82 Å². The predicted molar refractivity (Wildman–Crippen MR) is 95.6 cm³/mol. The van der Waals surface area contributed by atoms with Gasteiger partial charge in [0.2, 0.25) is 0 Å². The van der Waals surface area contributed by atoms with E-state index in [1.165, 1.54) is 12.4 Å². The summed E-state index contributed by atoms with van der Waals surface area (Å²) in [6.45, 7) is 0. The Morgan fingerprint density at radius 2 is 1.62 bits per heavy atom. The third-order valence-electron chi connectivity index (χ3n) is 4.20. The zero-order chi connectivity index (χ0) is 17.9. The second kappa shape index (κ2) is 6.90. The highest BCUT2D eigenvalue weighted by atomic mass is 19.1. The molecule has 4 aromatic rings. The van der Waals surface area contributed by atoms with Crippen LogP contribution in [0.15, 0.2) is 83.6 Å². The van der Waals surface area contributed by atoms with E-state index in [2.05, 4.69) is 10.1 Å². The number of nitrogens with zero attached hydrogens (tertiary/aromatic N) is 2. The van der Waals surface area contributed by atoms with E-state index in [0.717, 1.165) is 16.7 Å². The van der Waals surface area contributed by atoms with Crippen molar-refractivity contribution >= 4 is 0 Å². The number of hydrogen-bond acceptors (Lipinski definition) is 4. The van der Waals surface area contributed by atoms with E-state index in [9.17, 15) is 9.50 Å². The molecule has 3 aromatic carbocycles. The van der Waals surface area contributed by atoms with Gasteiger partial charge in [-0.1, -0.05) is 65.8 Å². The van der Waals surface area contributed by atoms with Gasteiger partial charge in [-0.3, -0.25) is 0 Å². The first-order valence-electron chi connectivity index (χ1n) is 8.12. The van der Waals surface area contributed by atoms with Crippen molar-refractivity contribution in [1.82, 2.24) is 10.1 Å². The number of aliphatic hydroxyl groups is 1. The first-order valence-corrected chi connectivity index (χ1v) is 8.12. The first-order chi connectivity index (χ1) is 12.7. The van der Waals surface area contributed by atoms with Gasteiger partial charge in [-0.05, 0) is 34.4 Å². The fourth-order valence-corrected chi connectivity index (χ4v) is 2.88. The molecule has 0 bridgehead atoms. The SMILES string of the molecule is OC(c1cccc(-c2ccc(-c3ccccc3)c(F)c2)c1)c1ncno1. The molecule has 0 spiro atoms. The Hall–Kier alpha value is -3.31. The molecule has 1 unspecified atom stereocenters. The van der Waals surface area contributed by atoms with Crippen molar-refractivity contribution in [3.05, 3.63) is 96.4 Å². The van der Waals surface area contributed by atoms with E-state index in [0.29, 0.717) is 11.1 Å². The molecular weight excluding hydrogens is 331 g/mol. The summed E-state index contributed by atoms with van der Waals surface area (Å²) in [6, 6.07) is 21.7. The molecule has 26 heavy (non-hydrogen) atoms. The van der Waals surface area contributed by atoms with Gasteiger partial charge in [0.05, 0.1) is 0 Å². The Labute approximate surface area is 149 Å². The third kappa shape index (κ3) is 3.12. The third-order valence-corrected chi connectivity index (χ3v) is 4.20. The summed E-state index contributed by atoms with van der Waals surface area (Å²) >= 11 is 0. The summed E-state index contributed by atoms with van der Waals surface area (Å²) < 4.78 is 19.5. The molecule has 4 nitrogen and oxygen atoms in total. The predicted octanol–water partition coefficient (Wildman–Crippen LogP) is 4.62. The van der Waals surface area contributed by atoms with Crippen LogP contribution in [-0.4, -0.2) is 15.2 Å². The minimum Gasteiger partial charge on any atom is -0.378 e. The quantitative estimate of drug-likeness (QED) is 0.585. The number of rotatable bonds is 4. The van der Waals surface area contributed by atoms with Gasteiger partial charge >= 0.3 is 0 Å². The standard InChI is InChI=1S/C21H15FN2O2/c22-19-12-16(9-10-18(19)14-5-2-1-3-6-14)15-7-4-8-17(11-15)20(25)21-23-13-24-26-21/h1-13,20,25H. The Morgan fingerprint density at radius 3 is 2.35 bits per heavy atom. The maximum atomic E-state index is 14.6.